The van der Waals surface area contributed by atoms with E-state index in [0.717, 1.165) is 12.1 Å². The lowest BCUT2D eigenvalue weighted by Crippen LogP contribution is -2.65. The first-order valence-corrected chi connectivity index (χ1v) is 4.52. The summed E-state index contributed by atoms with van der Waals surface area (Å²) in [5.41, 5.74) is 3.16. The Morgan fingerprint density at radius 1 is 1.31 bits per heavy atom. The van der Waals surface area contributed by atoms with E-state index in [9.17, 15) is 18.0 Å². The zero-order valence-electron chi connectivity index (χ0n) is 8.29. The number of alkyl halides is 3. The molecule has 0 aliphatic rings. The number of rotatable bonds is 3. The molecule has 0 aliphatic heterocycles. The summed E-state index contributed by atoms with van der Waals surface area (Å²) >= 11 is 0. The summed E-state index contributed by atoms with van der Waals surface area (Å²) in [5, 5.41) is 8.58. The average molecular weight is 234 g/mol. The van der Waals surface area contributed by atoms with Gasteiger partial charge in [0.25, 0.3) is 0 Å². The molecule has 0 spiro atoms. The Morgan fingerprint density at radius 3 is 2.19 bits per heavy atom. The summed E-state index contributed by atoms with van der Waals surface area (Å²) < 4.78 is 36.6. The van der Waals surface area contributed by atoms with Crippen LogP contribution in [-0.4, -0.2) is 17.1 Å². The van der Waals surface area contributed by atoms with Gasteiger partial charge >= 0.3 is 12.1 Å². The molecule has 0 aliphatic carbocycles. The summed E-state index contributed by atoms with van der Waals surface area (Å²) in [7, 11) is 0. The van der Waals surface area contributed by atoms with E-state index >= 15 is 0 Å². The first-order valence-electron chi connectivity index (χ1n) is 4.52. The van der Waals surface area contributed by atoms with Crippen LogP contribution in [0.1, 0.15) is 11.1 Å². The number of hydrogen-bond donors (Lipinski definition) is 2. The molecule has 0 radical (unpaired) electrons. The molecule has 0 amide bonds. The third-order valence-corrected chi connectivity index (χ3v) is 2.11. The van der Waals surface area contributed by atoms with Crippen LogP contribution in [0.4, 0.5) is 13.2 Å². The van der Waals surface area contributed by atoms with Crippen molar-refractivity contribution in [2.24, 2.45) is 0 Å². The molecule has 16 heavy (non-hydrogen) atoms. The monoisotopic (exact) mass is 234 g/mol. The molecule has 0 aromatic heterocycles. The van der Waals surface area contributed by atoms with Crippen molar-refractivity contribution in [3.05, 3.63) is 35.4 Å². The van der Waals surface area contributed by atoms with E-state index in [1.807, 2.05) is 0 Å². The second-order valence-corrected chi connectivity index (χ2v) is 3.43. The van der Waals surface area contributed by atoms with Crippen molar-refractivity contribution in [2.45, 2.75) is 18.6 Å². The SMILES string of the molecule is [NH3+]C(Cc1ccc(C(F)(F)F)cc1)C(=O)O. The minimum absolute atomic E-state index is 0.119. The summed E-state index contributed by atoms with van der Waals surface area (Å²) in [5.74, 6) is -1.07. The molecular weight excluding hydrogens is 223 g/mol. The standard InChI is InChI=1S/C10H10F3NO2/c11-10(12,13)7-3-1-6(2-4-7)5-8(14)9(15)16/h1-4,8H,5,14H2,(H,15,16)/p+1. The first-order chi connectivity index (χ1) is 7.30. The Morgan fingerprint density at radius 2 is 1.81 bits per heavy atom. The lowest BCUT2D eigenvalue weighted by atomic mass is 10.0. The van der Waals surface area contributed by atoms with Gasteiger partial charge in [0, 0.05) is 6.42 Å². The molecule has 0 saturated carbocycles. The second-order valence-electron chi connectivity index (χ2n) is 3.43. The summed E-state index contributed by atoms with van der Waals surface area (Å²) in [6.07, 6.45) is -4.25. The number of quaternary nitrogens is 1. The van der Waals surface area contributed by atoms with Gasteiger partial charge in [0.1, 0.15) is 0 Å². The van der Waals surface area contributed by atoms with Gasteiger partial charge in [-0.25, -0.2) is 4.79 Å². The van der Waals surface area contributed by atoms with Gasteiger partial charge in [0.15, 0.2) is 6.04 Å². The van der Waals surface area contributed by atoms with E-state index in [-0.39, 0.29) is 6.42 Å². The van der Waals surface area contributed by atoms with Crippen molar-refractivity contribution in [2.75, 3.05) is 0 Å². The van der Waals surface area contributed by atoms with Crippen LogP contribution in [0.5, 0.6) is 0 Å². The molecule has 0 heterocycles. The van der Waals surface area contributed by atoms with Crippen LogP contribution >= 0.6 is 0 Å². The fourth-order valence-electron chi connectivity index (χ4n) is 1.20. The van der Waals surface area contributed by atoms with E-state index in [1.54, 1.807) is 0 Å². The maximum atomic E-state index is 12.2. The Balaban J connectivity index is 2.76. The average Bonchev–Trinajstić information content (AvgIpc) is 2.17. The normalized spacial score (nSPS) is 13.5. The van der Waals surface area contributed by atoms with E-state index in [1.165, 1.54) is 12.1 Å². The summed E-state index contributed by atoms with van der Waals surface area (Å²) in [6, 6.07) is 3.55. The number of benzene rings is 1. The van der Waals surface area contributed by atoms with E-state index in [4.69, 9.17) is 5.11 Å². The third-order valence-electron chi connectivity index (χ3n) is 2.11. The number of aliphatic carboxylic acids is 1. The maximum absolute atomic E-state index is 12.2. The number of halogens is 3. The van der Waals surface area contributed by atoms with Crippen LogP contribution in [0.3, 0.4) is 0 Å². The Hall–Kier alpha value is -1.56. The number of carboxylic acids is 1. The van der Waals surface area contributed by atoms with Crippen LogP contribution in [-0.2, 0) is 17.4 Å². The van der Waals surface area contributed by atoms with Crippen molar-refractivity contribution in [1.82, 2.24) is 0 Å². The van der Waals surface area contributed by atoms with E-state index < -0.39 is 23.8 Å². The minimum Gasteiger partial charge on any atom is -0.477 e. The molecule has 4 N–H and O–H groups in total. The van der Waals surface area contributed by atoms with Gasteiger partial charge in [0.05, 0.1) is 5.56 Å². The van der Waals surface area contributed by atoms with Crippen molar-refractivity contribution in [3.8, 4) is 0 Å². The number of hydrogen-bond acceptors (Lipinski definition) is 1. The topological polar surface area (TPSA) is 64.9 Å². The van der Waals surface area contributed by atoms with Crippen LogP contribution in [0, 0.1) is 0 Å². The minimum atomic E-state index is -4.37. The predicted octanol–water partition coefficient (Wildman–Crippen LogP) is 0.943. The molecule has 1 unspecified atom stereocenters. The first kappa shape index (κ1) is 12.5. The molecule has 1 aromatic rings. The Labute approximate surface area is 89.7 Å². The largest absolute Gasteiger partial charge is 0.477 e. The van der Waals surface area contributed by atoms with Gasteiger partial charge < -0.3 is 10.8 Å². The number of carbonyl (C=O) groups is 1. The Kier molecular flexibility index (Phi) is 3.54. The zero-order chi connectivity index (χ0) is 12.3. The van der Waals surface area contributed by atoms with E-state index in [2.05, 4.69) is 5.73 Å². The van der Waals surface area contributed by atoms with Crippen molar-refractivity contribution < 1.29 is 28.8 Å². The lowest BCUT2D eigenvalue weighted by Gasteiger charge is -2.08. The van der Waals surface area contributed by atoms with Gasteiger partial charge in [-0.05, 0) is 17.7 Å². The Bertz CT molecular complexity index is 373. The van der Waals surface area contributed by atoms with Gasteiger partial charge in [-0.1, -0.05) is 12.1 Å². The van der Waals surface area contributed by atoms with Crippen LogP contribution in [0.2, 0.25) is 0 Å². The van der Waals surface area contributed by atoms with Crippen LogP contribution in [0.15, 0.2) is 24.3 Å². The lowest BCUT2D eigenvalue weighted by molar-refractivity contribution is -0.407. The van der Waals surface area contributed by atoms with Gasteiger partial charge in [-0.15, -0.1) is 0 Å². The molecule has 1 rings (SSSR count). The fourth-order valence-corrected chi connectivity index (χ4v) is 1.20. The molecule has 0 bridgehead atoms. The molecule has 0 saturated heterocycles. The molecule has 1 aromatic carbocycles. The smallest absolute Gasteiger partial charge is 0.416 e. The van der Waals surface area contributed by atoms with Gasteiger partial charge in [-0.3, -0.25) is 0 Å². The summed E-state index contributed by atoms with van der Waals surface area (Å²) in [6.45, 7) is 0. The number of carboxylic acid groups (broad SMARTS) is 1. The summed E-state index contributed by atoms with van der Waals surface area (Å²) in [4.78, 5) is 10.5. The fraction of sp³-hybridized carbons (Fsp3) is 0.300. The molecule has 0 fully saturated rings. The highest BCUT2D eigenvalue weighted by Gasteiger charge is 2.30. The molecule has 3 nitrogen and oxygen atoms in total. The third kappa shape index (κ3) is 3.23. The van der Waals surface area contributed by atoms with Crippen LogP contribution < -0.4 is 5.73 Å². The molecule has 1 atom stereocenters. The van der Waals surface area contributed by atoms with Crippen LogP contribution in [0.25, 0.3) is 0 Å². The molecular formula is C10H11F3NO2+. The quantitative estimate of drug-likeness (QED) is 0.817. The highest BCUT2D eigenvalue weighted by atomic mass is 19.4. The maximum Gasteiger partial charge on any atom is 0.416 e. The van der Waals surface area contributed by atoms with Gasteiger partial charge in [0.2, 0.25) is 0 Å². The molecule has 6 heteroatoms. The highest BCUT2D eigenvalue weighted by Crippen LogP contribution is 2.29. The zero-order valence-corrected chi connectivity index (χ0v) is 8.29. The van der Waals surface area contributed by atoms with Crippen molar-refractivity contribution >= 4 is 5.97 Å². The van der Waals surface area contributed by atoms with Crippen molar-refractivity contribution in [3.63, 3.8) is 0 Å². The predicted molar refractivity (Wildman–Crippen MR) is 49.5 cm³/mol. The van der Waals surface area contributed by atoms with Gasteiger partial charge in [-0.2, -0.15) is 13.2 Å². The van der Waals surface area contributed by atoms with E-state index in [0.29, 0.717) is 5.56 Å². The van der Waals surface area contributed by atoms with Crippen molar-refractivity contribution in [1.29, 1.82) is 0 Å². The highest BCUT2D eigenvalue weighted by molar-refractivity contribution is 5.71. The molecule has 88 valence electrons. The second kappa shape index (κ2) is 4.52.